The number of carbonyl (C=O) groups excluding carboxylic acids is 1. The SMILES string of the molecule is C=C(C)C(=O)Oc1ccc2c(CCC)cc(=O)oc2c1. The molecule has 0 N–H and O–H groups in total. The molecular weight excluding hydrogens is 256 g/mol. The van der Waals surface area contributed by atoms with Crippen LogP contribution in [-0.4, -0.2) is 5.97 Å². The van der Waals surface area contributed by atoms with E-state index < -0.39 is 11.6 Å². The van der Waals surface area contributed by atoms with Gasteiger partial charge in [-0.2, -0.15) is 0 Å². The molecule has 104 valence electrons. The van der Waals surface area contributed by atoms with Crippen molar-refractivity contribution in [2.24, 2.45) is 0 Å². The molecule has 1 heterocycles. The molecule has 0 unspecified atom stereocenters. The number of carbonyl (C=O) groups is 1. The van der Waals surface area contributed by atoms with Crippen molar-refractivity contribution in [3.8, 4) is 5.75 Å². The first kappa shape index (κ1) is 14.1. The summed E-state index contributed by atoms with van der Waals surface area (Å²) in [5.74, 6) is -0.168. The van der Waals surface area contributed by atoms with Crippen LogP contribution < -0.4 is 10.4 Å². The van der Waals surface area contributed by atoms with Crippen molar-refractivity contribution in [1.82, 2.24) is 0 Å². The van der Waals surface area contributed by atoms with Crippen LogP contribution in [0.1, 0.15) is 25.8 Å². The van der Waals surface area contributed by atoms with Gasteiger partial charge < -0.3 is 9.15 Å². The van der Waals surface area contributed by atoms with E-state index in [2.05, 4.69) is 6.58 Å². The lowest BCUT2D eigenvalue weighted by Gasteiger charge is -2.07. The summed E-state index contributed by atoms with van der Waals surface area (Å²) in [6.07, 6.45) is 1.73. The van der Waals surface area contributed by atoms with Crippen molar-refractivity contribution in [3.63, 3.8) is 0 Å². The molecule has 0 aliphatic carbocycles. The highest BCUT2D eigenvalue weighted by Gasteiger charge is 2.09. The molecule has 0 amide bonds. The largest absolute Gasteiger partial charge is 0.423 e. The predicted octanol–water partition coefficient (Wildman–Crippen LogP) is 3.23. The average Bonchev–Trinajstić information content (AvgIpc) is 2.38. The number of fused-ring (bicyclic) bond motifs is 1. The number of hydrogen-bond donors (Lipinski definition) is 0. The van der Waals surface area contributed by atoms with Crippen LogP contribution in [0.5, 0.6) is 5.75 Å². The monoisotopic (exact) mass is 272 g/mol. The van der Waals surface area contributed by atoms with E-state index in [0.29, 0.717) is 16.9 Å². The third-order valence-electron chi connectivity index (χ3n) is 2.88. The van der Waals surface area contributed by atoms with E-state index in [4.69, 9.17) is 9.15 Å². The number of hydrogen-bond acceptors (Lipinski definition) is 4. The molecule has 2 aromatic rings. The summed E-state index contributed by atoms with van der Waals surface area (Å²) >= 11 is 0. The van der Waals surface area contributed by atoms with Crippen molar-refractivity contribution < 1.29 is 13.9 Å². The van der Waals surface area contributed by atoms with Gasteiger partial charge in [0, 0.05) is 23.1 Å². The Bertz CT molecular complexity index is 725. The van der Waals surface area contributed by atoms with Gasteiger partial charge in [0.1, 0.15) is 11.3 Å². The average molecular weight is 272 g/mol. The second-order valence-corrected chi connectivity index (χ2v) is 4.67. The minimum Gasteiger partial charge on any atom is -0.423 e. The zero-order valence-corrected chi connectivity index (χ0v) is 11.6. The van der Waals surface area contributed by atoms with Gasteiger partial charge in [-0.1, -0.05) is 19.9 Å². The summed E-state index contributed by atoms with van der Waals surface area (Å²) in [6.45, 7) is 7.14. The molecule has 0 aliphatic heterocycles. The molecule has 4 heteroatoms. The first-order chi connectivity index (χ1) is 9.51. The first-order valence-corrected chi connectivity index (χ1v) is 6.45. The minimum absolute atomic E-state index is 0.311. The molecule has 0 atom stereocenters. The minimum atomic E-state index is -0.503. The fourth-order valence-corrected chi connectivity index (χ4v) is 1.94. The number of benzene rings is 1. The normalized spacial score (nSPS) is 10.5. The Morgan fingerprint density at radius 1 is 1.35 bits per heavy atom. The van der Waals surface area contributed by atoms with Gasteiger partial charge in [0.05, 0.1) is 0 Å². The van der Waals surface area contributed by atoms with Gasteiger partial charge in [-0.3, -0.25) is 0 Å². The summed E-state index contributed by atoms with van der Waals surface area (Å²) < 4.78 is 10.3. The van der Waals surface area contributed by atoms with Gasteiger partial charge in [0.15, 0.2) is 0 Å². The quantitative estimate of drug-likeness (QED) is 0.371. The Balaban J connectivity index is 2.46. The first-order valence-electron chi connectivity index (χ1n) is 6.45. The van der Waals surface area contributed by atoms with Crippen LogP contribution in [0.3, 0.4) is 0 Å². The van der Waals surface area contributed by atoms with E-state index in [1.807, 2.05) is 6.92 Å². The third kappa shape index (κ3) is 2.96. The summed E-state index contributed by atoms with van der Waals surface area (Å²) in [5.41, 5.74) is 1.28. The summed E-state index contributed by atoms with van der Waals surface area (Å²) in [5, 5.41) is 0.863. The highest BCUT2D eigenvalue weighted by molar-refractivity contribution is 5.89. The highest BCUT2D eigenvalue weighted by Crippen LogP contribution is 2.23. The molecule has 2 rings (SSSR count). The fourth-order valence-electron chi connectivity index (χ4n) is 1.94. The van der Waals surface area contributed by atoms with Gasteiger partial charge in [-0.25, -0.2) is 9.59 Å². The smallest absolute Gasteiger partial charge is 0.338 e. The summed E-state index contributed by atoms with van der Waals surface area (Å²) in [6, 6.07) is 6.54. The van der Waals surface area contributed by atoms with Crippen molar-refractivity contribution in [3.05, 3.63) is 52.4 Å². The van der Waals surface area contributed by atoms with Crippen LogP contribution in [0.15, 0.2) is 45.6 Å². The Kier molecular flexibility index (Phi) is 4.03. The van der Waals surface area contributed by atoms with Crippen LogP contribution in [-0.2, 0) is 11.2 Å². The Labute approximate surface area is 116 Å². The van der Waals surface area contributed by atoms with Crippen molar-refractivity contribution in [1.29, 1.82) is 0 Å². The Morgan fingerprint density at radius 2 is 2.10 bits per heavy atom. The lowest BCUT2D eigenvalue weighted by atomic mass is 10.1. The van der Waals surface area contributed by atoms with Crippen LogP contribution >= 0.6 is 0 Å². The molecule has 1 aromatic carbocycles. The van der Waals surface area contributed by atoms with Crippen LogP contribution in [0.4, 0.5) is 0 Å². The molecule has 0 radical (unpaired) electrons. The maximum atomic E-state index is 11.5. The second kappa shape index (κ2) is 5.74. The molecule has 0 saturated carbocycles. The maximum Gasteiger partial charge on any atom is 0.338 e. The lowest BCUT2D eigenvalue weighted by Crippen LogP contribution is -2.08. The molecule has 0 aliphatic rings. The molecule has 20 heavy (non-hydrogen) atoms. The molecule has 0 fully saturated rings. The van der Waals surface area contributed by atoms with Crippen LogP contribution in [0.2, 0.25) is 0 Å². The zero-order chi connectivity index (χ0) is 14.7. The maximum absolute atomic E-state index is 11.5. The van der Waals surface area contributed by atoms with Gasteiger partial charge >= 0.3 is 11.6 Å². The van der Waals surface area contributed by atoms with Gasteiger partial charge in [-0.15, -0.1) is 0 Å². The predicted molar refractivity (Wildman–Crippen MR) is 76.9 cm³/mol. The Morgan fingerprint density at radius 3 is 2.75 bits per heavy atom. The van der Waals surface area contributed by atoms with E-state index in [1.165, 1.54) is 6.07 Å². The summed E-state index contributed by atoms with van der Waals surface area (Å²) in [4.78, 5) is 23.0. The number of ether oxygens (including phenoxy) is 1. The standard InChI is InChI=1S/C16H16O4/c1-4-5-11-8-15(17)20-14-9-12(6-7-13(11)14)19-16(18)10(2)3/h6-9H,2,4-5H2,1,3H3. The van der Waals surface area contributed by atoms with Gasteiger partial charge in [0.2, 0.25) is 0 Å². The second-order valence-electron chi connectivity index (χ2n) is 4.67. The van der Waals surface area contributed by atoms with Crippen LogP contribution in [0.25, 0.3) is 11.0 Å². The van der Waals surface area contributed by atoms with E-state index in [9.17, 15) is 9.59 Å². The van der Waals surface area contributed by atoms with E-state index in [1.54, 1.807) is 25.1 Å². The molecule has 0 saturated heterocycles. The molecule has 1 aromatic heterocycles. The number of esters is 1. The van der Waals surface area contributed by atoms with Crippen molar-refractivity contribution in [2.45, 2.75) is 26.7 Å². The van der Waals surface area contributed by atoms with Crippen LogP contribution in [0, 0.1) is 0 Å². The van der Waals surface area contributed by atoms with Crippen molar-refractivity contribution >= 4 is 16.9 Å². The van der Waals surface area contributed by atoms with Gasteiger partial charge in [-0.05, 0) is 31.0 Å². The summed E-state index contributed by atoms with van der Waals surface area (Å²) in [7, 11) is 0. The topological polar surface area (TPSA) is 56.5 Å². The molecule has 4 nitrogen and oxygen atoms in total. The van der Waals surface area contributed by atoms with E-state index in [-0.39, 0.29) is 0 Å². The van der Waals surface area contributed by atoms with E-state index in [0.717, 1.165) is 23.8 Å². The van der Waals surface area contributed by atoms with Gasteiger partial charge in [0.25, 0.3) is 0 Å². The third-order valence-corrected chi connectivity index (χ3v) is 2.88. The zero-order valence-electron chi connectivity index (χ0n) is 11.6. The molecule has 0 bridgehead atoms. The highest BCUT2D eigenvalue weighted by atomic mass is 16.5. The molecular formula is C16H16O4. The molecule has 0 spiro atoms. The van der Waals surface area contributed by atoms with E-state index >= 15 is 0 Å². The van der Waals surface area contributed by atoms with Crippen molar-refractivity contribution in [2.75, 3.05) is 0 Å². The number of aryl methyl sites for hydroxylation is 1. The number of rotatable bonds is 4. The fraction of sp³-hybridized carbons (Fsp3) is 0.250. The lowest BCUT2D eigenvalue weighted by molar-refractivity contribution is -0.130. The Hall–Kier alpha value is -2.36.